The Kier molecular flexibility index (Phi) is 6.52. The van der Waals surface area contributed by atoms with Crippen LogP contribution in [0.5, 0.6) is 0 Å². The smallest absolute Gasteiger partial charge is 0.243 e. The average Bonchev–Trinajstić information content (AvgIpc) is 3.38. The lowest BCUT2D eigenvalue weighted by molar-refractivity contribution is -0.139. The highest BCUT2D eigenvalue weighted by molar-refractivity contribution is 6.30. The van der Waals surface area contributed by atoms with E-state index in [1.165, 1.54) is 11.2 Å². The first-order valence-electron chi connectivity index (χ1n) is 10.5. The number of nitrogens with zero attached hydrogens (tertiary/aromatic N) is 4. The van der Waals surface area contributed by atoms with Crippen LogP contribution in [-0.2, 0) is 16.1 Å². The Labute approximate surface area is 184 Å². The number of likely N-dealkylation sites (tertiary alicyclic amines) is 1. The molecule has 0 radical (unpaired) electrons. The summed E-state index contributed by atoms with van der Waals surface area (Å²) in [6, 6.07) is 3.66. The fraction of sp³-hybridized carbons (Fsp3) is 0.524. The lowest BCUT2D eigenvalue weighted by Crippen LogP contribution is -2.51. The largest absolute Gasteiger partial charge is 0.350 e. The number of nitrogens with two attached hydrogens (primary N) is 1. The first-order valence-corrected chi connectivity index (χ1v) is 10.9. The van der Waals surface area contributed by atoms with Crippen molar-refractivity contribution in [2.24, 2.45) is 11.7 Å². The fourth-order valence-corrected chi connectivity index (χ4v) is 4.42. The molecule has 2 aromatic rings. The maximum atomic E-state index is 14.2. The summed E-state index contributed by atoms with van der Waals surface area (Å²) in [5, 5.41) is 7.44. The molecule has 3 atom stereocenters. The number of rotatable bonds is 7. The van der Waals surface area contributed by atoms with Crippen LogP contribution >= 0.6 is 11.6 Å². The van der Waals surface area contributed by atoms with Gasteiger partial charge in [0.2, 0.25) is 11.8 Å². The van der Waals surface area contributed by atoms with E-state index in [4.69, 9.17) is 17.3 Å². The van der Waals surface area contributed by atoms with Crippen molar-refractivity contribution in [2.75, 3.05) is 6.54 Å². The van der Waals surface area contributed by atoms with Crippen LogP contribution in [0.1, 0.15) is 37.7 Å². The van der Waals surface area contributed by atoms with Crippen LogP contribution in [0.4, 0.5) is 4.39 Å². The number of halogens is 2. The Balaban J connectivity index is 1.43. The standard InChI is InChI=1S/C21H26ClFN6O2/c22-15-4-5-18(29-12-25-11-27-29)14(7-15)9-26-20(30)19-8-16(23)10-28(19)21(31)17(24)6-13-2-1-3-13/h4-5,7,11-13,16-17,19H,1-3,6,8-10,24H2,(H,26,30)/t16-,17-,19?/m1/s1. The third-order valence-electron chi connectivity index (χ3n) is 6.13. The average molecular weight is 449 g/mol. The zero-order chi connectivity index (χ0) is 22.0. The minimum Gasteiger partial charge on any atom is -0.350 e. The van der Waals surface area contributed by atoms with Crippen molar-refractivity contribution in [1.29, 1.82) is 0 Å². The van der Waals surface area contributed by atoms with E-state index in [0.29, 0.717) is 23.0 Å². The predicted octanol–water partition coefficient (Wildman–Crippen LogP) is 1.99. The van der Waals surface area contributed by atoms with Gasteiger partial charge in [-0.3, -0.25) is 9.59 Å². The minimum absolute atomic E-state index is 0.0286. The molecule has 31 heavy (non-hydrogen) atoms. The molecule has 0 bridgehead atoms. The number of hydrogen-bond acceptors (Lipinski definition) is 5. The molecule has 2 amide bonds. The van der Waals surface area contributed by atoms with Crippen molar-refractivity contribution >= 4 is 23.4 Å². The van der Waals surface area contributed by atoms with E-state index in [1.54, 1.807) is 29.2 Å². The number of amides is 2. The Morgan fingerprint density at radius 2 is 2.16 bits per heavy atom. The van der Waals surface area contributed by atoms with Gasteiger partial charge in [-0.25, -0.2) is 14.1 Å². The number of hydrogen-bond donors (Lipinski definition) is 2. The van der Waals surface area contributed by atoms with Crippen LogP contribution in [0.3, 0.4) is 0 Å². The van der Waals surface area contributed by atoms with Crippen molar-refractivity contribution in [3.8, 4) is 5.69 Å². The number of aromatic nitrogens is 3. The predicted molar refractivity (Wildman–Crippen MR) is 113 cm³/mol. The summed E-state index contributed by atoms with van der Waals surface area (Å²) in [5.74, 6) is -0.305. The summed E-state index contributed by atoms with van der Waals surface area (Å²) < 4.78 is 15.7. The molecule has 1 unspecified atom stereocenters. The molecule has 2 fully saturated rings. The lowest BCUT2D eigenvalue weighted by atomic mass is 9.81. The van der Waals surface area contributed by atoms with E-state index in [1.807, 2.05) is 0 Å². The van der Waals surface area contributed by atoms with E-state index >= 15 is 0 Å². The number of nitrogens with one attached hydrogen (secondary N) is 1. The zero-order valence-electron chi connectivity index (χ0n) is 17.1. The summed E-state index contributed by atoms with van der Waals surface area (Å²) in [5.41, 5.74) is 7.53. The van der Waals surface area contributed by atoms with Gasteiger partial charge in [-0.1, -0.05) is 30.9 Å². The molecule has 1 aliphatic heterocycles. The van der Waals surface area contributed by atoms with E-state index in [2.05, 4.69) is 15.4 Å². The van der Waals surface area contributed by atoms with Gasteiger partial charge in [-0.15, -0.1) is 0 Å². The summed E-state index contributed by atoms with van der Waals surface area (Å²) >= 11 is 6.12. The summed E-state index contributed by atoms with van der Waals surface area (Å²) in [6.07, 6.45) is 5.58. The van der Waals surface area contributed by atoms with Gasteiger partial charge >= 0.3 is 0 Å². The topological polar surface area (TPSA) is 106 Å². The highest BCUT2D eigenvalue weighted by Crippen LogP contribution is 2.31. The van der Waals surface area contributed by atoms with Crippen molar-refractivity contribution in [3.63, 3.8) is 0 Å². The molecule has 1 aliphatic carbocycles. The SMILES string of the molecule is N[C@H](CC1CCC1)C(=O)N1C[C@H](F)CC1C(=O)NCc1cc(Cl)ccc1-n1cncn1. The molecule has 1 saturated carbocycles. The van der Waals surface area contributed by atoms with Gasteiger partial charge in [-0.2, -0.15) is 5.10 Å². The van der Waals surface area contributed by atoms with Gasteiger partial charge in [0.05, 0.1) is 18.3 Å². The maximum absolute atomic E-state index is 14.2. The van der Waals surface area contributed by atoms with Crippen LogP contribution in [-0.4, -0.2) is 56.3 Å². The molecular weight excluding hydrogens is 423 g/mol. The van der Waals surface area contributed by atoms with Crippen LogP contribution < -0.4 is 11.1 Å². The van der Waals surface area contributed by atoms with Crippen LogP contribution in [0.15, 0.2) is 30.9 Å². The van der Waals surface area contributed by atoms with Crippen molar-refractivity contribution in [3.05, 3.63) is 41.4 Å². The van der Waals surface area contributed by atoms with Crippen molar-refractivity contribution in [2.45, 2.75) is 56.9 Å². The van der Waals surface area contributed by atoms with Crippen LogP contribution in [0.2, 0.25) is 5.02 Å². The molecule has 1 aromatic carbocycles. The molecule has 0 spiro atoms. The van der Waals surface area contributed by atoms with Gasteiger partial charge in [0, 0.05) is 18.0 Å². The molecule has 4 rings (SSSR count). The minimum atomic E-state index is -1.24. The number of carbonyl (C=O) groups excluding carboxylic acids is 2. The summed E-state index contributed by atoms with van der Waals surface area (Å²) in [4.78, 5) is 31.0. The second-order valence-electron chi connectivity index (χ2n) is 8.31. The fourth-order valence-electron chi connectivity index (χ4n) is 4.23. The van der Waals surface area contributed by atoms with E-state index in [9.17, 15) is 14.0 Å². The third-order valence-corrected chi connectivity index (χ3v) is 6.36. The van der Waals surface area contributed by atoms with Gasteiger partial charge in [-0.05, 0) is 36.1 Å². The van der Waals surface area contributed by atoms with Crippen molar-refractivity contribution in [1.82, 2.24) is 25.0 Å². The Hall–Kier alpha value is -2.52. The van der Waals surface area contributed by atoms with Crippen LogP contribution in [0.25, 0.3) is 5.69 Å². The third kappa shape index (κ3) is 4.88. The molecule has 8 nitrogen and oxygen atoms in total. The highest BCUT2D eigenvalue weighted by atomic mass is 35.5. The summed E-state index contributed by atoms with van der Waals surface area (Å²) in [7, 11) is 0. The quantitative estimate of drug-likeness (QED) is 0.673. The first kappa shape index (κ1) is 21.7. The Morgan fingerprint density at radius 3 is 2.84 bits per heavy atom. The van der Waals surface area contributed by atoms with Gasteiger partial charge in [0.15, 0.2) is 0 Å². The number of alkyl halides is 1. The van der Waals surface area contributed by atoms with E-state index in [-0.39, 0.29) is 25.4 Å². The van der Waals surface area contributed by atoms with Gasteiger partial charge in [0.25, 0.3) is 0 Å². The Bertz CT molecular complexity index is 936. The molecule has 2 aliphatic rings. The molecule has 10 heteroatoms. The molecule has 1 aromatic heterocycles. The van der Waals surface area contributed by atoms with E-state index in [0.717, 1.165) is 24.8 Å². The highest BCUT2D eigenvalue weighted by Gasteiger charge is 2.41. The normalized spacial score (nSPS) is 22.2. The molecule has 166 valence electrons. The zero-order valence-corrected chi connectivity index (χ0v) is 17.8. The van der Waals surface area contributed by atoms with Gasteiger partial charge in [0.1, 0.15) is 24.9 Å². The van der Waals surface area contributed by atoms with E-state index < -0.39 is 24.2 Å². The molecule has 1 saturated heterocycles. The second-order valence-corrected chi connectivity index (χ2v) is 8.75. The van der Waals surface area contributed by atoms with Crippen LogP contribution in [0, 0.1) is 5.92 Å². The van der Waals surface area contributed by atoms with Gasteiger partial charge < -0.3 is 16.0 Å². The lowest BCUT2D eigenvalue weighted by Gasteiger charge is -2.31. The second kappa shape index (κ2) is 9.32. The summed E-state index contributed by atoms with van der Waals surface area (Å²) in [6.45, 7) is 0.0505. The molecule has 3 N–H and O–H groups in total. The molecule has 2 heterocycles. The monoisotopic (exact) mass is 448 g/mol. The number of benzene rings is 1. The molecular formula is C21H26ClFN6O2. The van der Waals surface area contributed by atoms with Crippen molar-refractivity contribution < 1.29 is 14.0 Å². The Morgan fingerprint density at radius 1 is 1.35 bits per heavy atom. The number of carbonyl (C=O) groups is 2. The maximum Gasteiger partial charge on any atom is 0.243 e. The first-order chi connectivity index (χ1) is 14.9.